The van der Waals surface area contributed by atoms with Gasteiger partial charge in [0, 0.05) is 6.10 Å². The fraction of sp³-hybridized carbons (Fsp3) is 0.571. The van der Waals surface area contributed by atoms with Gasteiger partial charge in [0.2, 0.25) is 5.90 Å². The molecule has 0 saturated heterocycles. The molecule has 1 N–H and O–H groups in total. The second-order valence-corrected chi connectivity index (χ2v) is 13.9. The van der Waals surface area contributed by atoms with Gasteiger partial charge in [-0.25, -0.2) is 0 Å². The van der Waals surface area contributed by atoms with Crippen LogP contribution in [0.1, 0.15) is 39.2 Å². The van der Waals surface area contributed by atoms with Crippen LogP contribution < -0.4 is 0 Å². The minimum Gasteiger partial charge on any atom is -0.474 e. The summed E-state index contributed by atoms with van der Waals surface area (Å²) >= 11 is 16.8. The van der Waals surface area contributed by atoms with E-state index in [0.717, 1.165) is 37.4 Å². The molecule has 1 aromatic carbocycles. The predicted molar refractivity (Wildman–Crippen MR) is 125 cm³/mol. The molecular weight excluding hydrogens is 433 g/mol. The Kier molecular flexibility index (Phi) is 11.8. The van der Waals surface area contributed by atoms with Crippen molar-refractivity contribution in [2.24, 2.45) is 0 Å². The molecule has 3 nitrogen and oxygen atoms in total. The number of aryl methyl sites for hydroxylation is 1. The Bertz CT molecular complexity index is 593. The van der Waals surface area contributed by atoms with Gasteiger partial charge in [-0.05, 0) is 43.0 Å². The third-order valence-electron chi connectivity index (χ3n) is 5.09. The Morgan fingerprint density at radius 3 is 2.21 bits per heavy atom. The normalized spacial score (nSPS) is 13.6. The van der Waals surface area contributed by atoms with E-state index in [4.69, 9.17) is 49.4 Å². The molecule has 0 fully saturated rings. The summed E-state index contributed by atoms with van der Waals surface area (Å²) in [5.74, 6) is -0.367. The Labute approximate surface area is 186 Å². The molecule has 158 valence electrons. The standard InChI is InChI=1S/C21H32Cl3NO2Si/c1-4-28(5-2,6-3)27-19(16-15-18-12-8-7-9-13-18)14-10-11-17-26-20(25)21(22,23)24/h7-13,19,25H,4-6,14-17H2,1-3H3/b11-10-,25-20?/t19-/m0/s1. The monoisotopic (exact) mass is 463 g/mol. The van der Waals surface area contributed by atoms with E-state index in [0.29, 0.717) is 0 Å². The molecule has 0 bridgehead atoms. The maximum absolute atomic E-state index is 7.54. The number of rotatable bonds is 12. The zero-order valence-corrected chi connectivity index (χ0v) is 20.3. The van der Waals surface area contributed by atoms with Crippen LogP contribution in [0.5, 0.6) is 0 Å². The van der Waals surface area contributed by atoms with Crippen molar-refractivity contribution in [1.82, 2.24) is 0 Å². The van der Waals surface area contributed by atoms with Crippen molar-refractivity contribution in [1.29, 1.82) is 5.41 Å². The van der Waals surface area contributed by atoms with Gasteiger partial charge in [0.05, 0.1) is 0 Å². The molecule has 0 aliphatic heterocycles. The maximum atomic E-state index is 7.54. The lowest BCUT2D eigenvalue weighted by Crippen LogP contribution is -2.40. The quantitative estimate of drug-likeness (QED) is 0.116. The van der Waals surface area contributed by atoms with Crippen LogP contribution in [-0.2, 0) is 15.6 Å². The first-order valence-electron chi connectivity index (χ1n) is 9.91. The fourth-order valence-electron chi connectivity index (χ4n) is 3.08. The number of halogens is 3. The third-order valence-corrected chi connectivity index (χ3v) is 10.3. The lowest BCUT2D eigenvalue weighted by Gasteiger charge is -2.33. The first kappa shape index (κ1) is 25.5. The molecule has 0 amide bonds. The maximum Gasteiger partial charge on any atom is 0.265 e. The predicted octanol–water partition coefficient (Wildman–Crippen LogP) is 7.32. The SMILES string of the molecule is CC[Si](CC)(CC)O[C@@H](C/C=C\COC(=N)C(Cl)(Cl)Cl)CCc1ccccc1. The summed E-state index contributed by atoms with van der Waals surface area (Å²) in [5.41, 5.74) is 1.33. The van der Waals surface area contributed by atoms with Crippen LogP contribution in [-0.4, -0.2) is 30.7 Å². The highest BCUT2D eigenvalue weighted by Gasteiger charge is 2.31. The van der Waals surface area contributed by atoms with Crippen LogP contribution in [0.25, 0.3) is 0 Å². The zero-order chi connectivity index (χ0) is 21.0. The number of benzene rings is 1. The molecule has 0 saturated carbocycles. The van der Waals surface area contributed by atoms with Gasteiger partial charge in [-0.15, -0.1) is 0 Å². The van der Waals surface area contributed by atoms with E-state index in [1.54, 1.807) is 0 Å². The van der Waals surface area contributed by atoms with Gasteiger partial charge in [0.25, 0.3) is 3.79 Å². The van der Waals surface area contributed by atoms with Crippen molar-refractivity contribution < 1.29 is 9.16 Å². The van der Waals surface area contributed by atoms with Gasteiger partial charge in [-0.1, -0.05) is 98.1 Å². The van der Waals surface area contributed by atoms with Crippen molar-refractivity contribution >= 4 is 49.0 Å². The number of hydrogen-bond acceptors (Lipinski definition) is 3. The van der Waals surface area contributed by atoms with Crippen LogP contribution in [0.4, 0.5) is 0 Å². The van der Waals surface area contributed by atoms with Gasteiger partial charge < -0.3 is 9.16 Å². The summed E-state index contributed by atoms with van der Waals surface area (Å²) in [6.07, 6.45) is 6.86. The van der Waals surface area contributed by atoms with Gasteiger partial charge in [0.15, 0.2) is 8.32 Å². The van der Waals surface area contributed by atoms with Gasteiger partial charge in [0.1, 0.15) is 6.61 Å². The van der Waals surface area contributed by atoms with E-state index >= 15 is 0 Å². The summed E-state index contributed by atoms with van der Waals surface area (Å²) in [4.78, 5) is 0. The van der Waals surface area contributed by atoms with Crippen LogP contribution in [0, 0.1) is 5.41 Å². The molecule has 0 radical (unpaired) electrons. The van der Waals surface area contributed by atoms with E-state index in [9.17, 15) is 0 Å². The molecule has 0 unspecified atom stereocenters. The van der Waals surface area contributed by atoms with E-state index in [1.807, 2.05) is 18.2 Å². The number of hydrogen-bond donors (Lipinski definition) is 1. The van der Waals surface area contributed by atoms with Crippen LogP contribution >= 0.6 is 34.8 Å². The Morgan fingerprint density at radius 2 is 1.68 bits per heavy atom. The number of alkyl halides is 3. The first-order valence-corrected chi connectivity index (χ1v) is 13.6. The average Bonchev–Trinajstić information content (AvgIpc) is 2.69. The summed E-state index contributed by atoms with van der Waals surface area (Å²) in [5, 5.41) is 7.54. The molecule has 0 aromatic heterocycles. The van der Waals surface area contributed by atoms with E-state index in [-0.39, 0.29) is 18.6 Å². The van der Waals surface area contributed by atoms with Gasteiger partial charge in [-0.2, -0.15) is 0 Å². The molecule has 1 atom stereocenters. The first-order chi connectivity index (χ1) is 13.3. The molecule has 0 aliphatic rings. The molecule has 0 spiro atoms. The van der Waals surface area contributed by atoms with Crippen molar-refractivity contribution in [3.8, 4) is 0 Å². The minimum absolute atomic E-state index is 0.176. The molecular formula is C21H32Cl3NO2Si. The van der Waals surface area contributed by atoms with Crippen LogP contribution in [0.3, 0.4) is 0 Å². The van der Waals surface area contributed by atoms with Crippen molar-refractivity contribution in [3.05, 3.63) is 48.0 Å². The molecule has 1 rings (SSSR count). The third kappa shape index (κ3) is 9.32. The minimum atomic E-state index is -1.82. The Morgan fingerprint density at radius 1 is 1.07 bits per heavy atom. The second kappa shape index (κ2) is 12.9. The highest BCUT2D eigenvalue weighted by atomic mass is 35.6. The Hall–Kier alpha value is -0.523. The van der Waals surface area contributed by atoms with E-state index in [1.165, 1.54) is 5.56 Å². The molecule has 7 heteroatoms. The summed E-state index contributed by atoms with van der Waals surface area (Å²) < 4.78 is 10.1. The lowest BCUT2D eigenvalue weighted by molar-refractivity contribution is 0.179. The molecule has 1 aromatic rings. The highest BCUT2D eigenvalue weighted by molar-refractivity contribution is 6.76. The van der Waals surface area contributed by atoms with Gasteiger partial charge in [-0.3, -0.25) is 5.41 Å². The number of ether oxygens (including phenoxy) is 1. The van der Waals surface area contributed by atoms with Crippen LogP contribution in [0.15, 0.2) is 42.5 Å². The lowest BCUT2D eigenvalue weighted by atomic mass is 10.1. The highest BCUT2D eigenvalue weighted by Crippen LogP contribution is 2.28. The summed E-state index contributed by atoms with van der Waals surface area (Å²) in [6.45, 7) is 6.95. The van der Waals surface area contributed by atoms with Crippen molar-refractivity contribution in [2.75, 3.05) is 6.61 Å². The fourth-order valence-corrected chi connectivity index (χ4v) is 6.16. The zero-order valence-electron chi connectivity index (χ0n) is 17.0. The summed E-state index contributed by atoms with van der Waals surface area (Å²) in [7, 11) is -1.68. The van der Waals surface area contributed by atoms with Crippen molar-refractivity contribution in [3.63, 3.8) is 0 Å². The second-order valence-electron chi connectivity index (χ2n) is 6.85. The van der Waals surface area contributed by atoms with E-state index in [2.05, 4.69) is 45.0 Å². The van der Waals surface area contributed by atoms with Crippen molar-refractivity contribution in [2.45, 2.75) is 68.1 Å². The Balaban J connectivity index is 2.66. The largest absolute Gasteiger partial charge is 0.474 e. The summed E-state index contributed by atoms with van der Waals surface area (Å²) in [6, 6.07) is 13.9. The number of nitrogens with one attached hydrogen (secondary N) is 1. The molecule has 28 heavy (non-hydrogen) atoms. The van der Waals surface area contributed by atoms with Crippen LogP contribution in [0.2, 0.25) is 18.1 Å². The average molecular weight is 465 g/mol. The smallest absolute Gasteiger partial charge is 0.265 e. The van der Waals surface area contributed by atoms with E-state index < -0.39 is 12.1 Å². The molecule has 0 heterocycles. The molecule has 0 aliphatic carbocycles. The topological polar surface area (TPSA) is 42.3 Å². The van der Waals surface area contributed by atoms with Gasteiger partial charge >= 0.3 is 0 Å².